The van der Waals surface area contributed by atoms with Crippen molar-refractivity contribution < 1.29 is 14.5 Å². The molecule has 3 unspecified atom stereocenters. The SMILES string of the molecule is CC(=O)OC1([N+](=O)[O-])CSC(C(C)CC(C)C)C1. The van der Waals surface area contributed by atoms with Crippen LogP contribution in [-0.4, -0.2) is 27.6 Å². The molecule has 104 valence electrons. The summed E-state index contributed by atoms with van der Waals surface area (Å²) in [6.45, 7) is 7.62. The first kappa shape index (κ1) is 15.3. The number of carbonyl (C=O) groups excluding carboxylic acids is 1. The fourth-order valence-corrected chi connectivity index (χ4v) is 4.01. The molecule has 1 aliphatic heterocycles. The van der Waals surface area contributed by atoms with E-state index in [1.54, 1.807) is 11.8 Å². The van der Waals surface area contributed by atoms with Gasteiger partial charge in [0.1, 0.15) is 5.75 Å². The maximum Gasteiger partial charge on any atom is 0.375 e. The first-order valence-corrected chi connectivity index (χ1v) is 7.27. The maximum absolute atomic E-state index is 11.2. The predicted octanol–water partition coefficient (Wildman–Crippen LogP) is 2.71. The summed E-state index contributed by atoms with van der Waals surface area (Å²) in [6, 6.07) is 0. The first-order chi connectivity index (χ1) is 8.27. The van der Waals surface area contributed by atoms with Crippen LogP contribution in [-0.2, 0) is 9.53 Å². The molecule has 0 radical (unpaired) electrons. The van der Waals surface area contributed by atoms with Crippen molar-refractivity contribution in [2.75, 3.05) is 5.75 Å². The zero-order valence-corrected chi connectivity index (χ0v) is 12.2. The second kappa shape index (κ2) is 5.91. The molecule has 0 aromatic carbocycles. The summed E-state index contributed by atoms with van der Waals surface area (Å²) in [6.07, 6.45) is 1.35. The highest BCUT2D eigenvalue weighted by Crippen LogP contribution is 2.42. The maximum atomic E-state index is 11.2. The van der Waals surface area contributed by atoms with E-state index in [-0.39, 0.29) is 11.0 Å². The lowest BCUT2D eigenvalue weighted by molar-refractivity contribution is -0.614. The van der Waals surface area contributed by atoms with Crippen LogP contribution >= 0.6 is 11.8 Å². The lowest BCUT2D eigenvalue weighted by Gasteiger charge is -2.22. The second-order valence-corrected chi connectivity index (χ2v) is 6.68. The third-order valence-electron chi connectivity index (χ3n) is 3.19. The number of hydrogen-bond donors (Lipinski definition) is 0. The molecule has 1 fully saturated rings. The summed E-state index contributed by atoms with van der Waals surface area (Å²) in [7, 11) is 0. The van der Waals surface area contributed by atoms with E-state index in [9.17, 15) is 14.9 Å². The van der Waals surface area contributed by atoms with Crippen LogP contribution in [0.1, 0.15) is 40.5 Å². The minimum Gasteiger partial charge on any atom is -0.395 e. The average molecular weight is 275 g/mol. The smallest absolute Gasteiger partial charge is 0.375 e. The molecule has 1 heterocycles. The monoisotopic (exact) mass is 275 g/mol. The van der Waals surface area contributed by atoms with Gasteiger partial charge in [-0.05, 0) is 18.3 Å². The molecule has 1 saturated heterocycles. The molecule has 1 aliphatic rings. The lowest BCUT2D eigenvalue weighted by Crippen LogP contribution is -2.43. The Morgan fingerprint density at radius 2 is 2.17 bits per heavy atom. The number of ether oxygens (including phenoxy) is 1. The Morgan fingerprint density at radius 1 is 1.56 bits per heavy atom. The summed E-state index contributed by atoms with van der Waals surface area (Å²) < 4.78 is 4.99. The van der Waals surface area contributed by atoms with E-state index >= 15 is 0 Å². The van der Waals surface area contributed by atoms with Crippen molar-refractivity contribution in [2.24, 2.45) is 11.8 Å². The van der Waals surface area contributed by atoms with Gasteiger partial charge in [0, 0.05) is 12.2 Å². The van der Waals surface area contributed by atoms with Gasteiger partial charge in [0.25, 0.3) is 0 Å². The molecule has 0 amide bonds. The molecule has 0 aromatic heterocycles. The third kappa shape index (κ3) is 3.60. The van der Waals surface area contributed by atoms with E-state index in [0.29, 0.717) is 18.3 Å². The Labute approximate surface area is 112 Å². The summed E-state index contributed by atoms with van der Waals surface area (Å²) >= 11 is 1.55. The molecule has 0 saturated carbocycles. The van der Waals surface area contributed by atoms with Gasteiger partial charge in [-0.2, -0.15) is 0 Å². The minimum absolute atomic E-state index is 0.192. The first-order valence-electron chi connectivity index (χ1n) is 6.22. The fraction of sp³-hybridized carbons (Fsp3) is 0.917. The second-order valence-electron chi connectivity index (χ2n) is 5.46. The van der Waals surface area contributed by atoms with Gasteiger partial charge < -0.3 is 4.74 Å². The number of esters is 1. The van der Waals surface area contributed by atoms with E-state index in [1.807, 2.05) is 0 Å². The van der Waals surface area contributed by atoms with E-state index in [1.165, 1.54) is 6.92 Å². The van der Waals surface area contributed by atoms with Crippen LogP contribution in [0.25, 0.3) is 0 Å². The Kier molecular flexibility index (Phi) is 5.01. The van der Waals surface area contributed by atoms with E-state index in [2.05, 4.69) is 20.8 Å². The number of hydrogen-bond acceptors (Lipinski definition) is 5. The molecule has 1 rings (SSSR count). The summed E-state index contributed by atoms with van der Waals surface area (Å²) in [4.78, 5) is 21.8. The molecule has 0 aliphatic carbocycles. The number of nitrogens with zero attached hydrogens (tertiary/aromatic N) is 1. The Bertz CT molecular complexity index is 334. The molecular formula is C12H21NO4S. The van der Waals surface area contributed by atoms with Crippen molar-refractivity contribution in [3.63, 3.8) is 0 Å². The van der Waals surface area contributed by atoms with E-state index < -0.39 is 16.6 Å². The normalized spacial score (nSPS) is 29.3. The Morgan fingerprint density at radius 3 is 2.61 bits per heavy atom. The summed E-state index contributed by atoms with van der Waals surface area (Å²) in [5.41, 5.74) is -1.51. The molecular weight excluding hydrogens is 254 g/mol. The van der Waals surface area contributed by atoms with Crippen molar-refractivity contribution in [2.45, 2.75) is 51.5 Å². The average Bonchev–Trinajstić information content (AvgIpc) is 2.61. The van der Waals surface area contributed by atoms with Gasteiger partial charge in [0.15, 0.2) is 0 Å². The third-order valence-corrected chi connectivity index (χ3v) is 4.86. The molecule has 3 atom stereocenters. The molecule has 0 aromatic rings. The highest BCUT2D eigenvalue weighted by molar-refractivity contribution is 8.00. The number of rotatable bonds is 5. The van der Waals surface area contributed by atoms with Gasteiger partial charge in [0.05, 0.1) is 11.3 Å². The van der Waals surface area contributed by atoms with Crippen LogP contribution in [0.2, 0.25) is 0 Å². The molecule has 0 spiro atoms. The Hall–Kier alpha value is -0.780. The van der Waals surface area contributed by atoms with Gasteiger partial charge in [-0.15, -0.1) is 11.8 Å². The van der Waals surface area contributed by atoms with Crippen molar-refractivity contribution in [1.82, 2.24) is 0 Å². The van der Waals surface area contributed by atoms with Crippen molar-refractivity contribution in [3.8, 4) is 0 Å². The van der Waals surface area contributed by atoms with Crippen molar-refractivity contribution >= 4 is 17.7 Å². The quantitative estimate of drug-likeness (QED) is 0.334. The van der Waals surface area contributed by atoms with Crippen LogP contribution in [0.3, 0.4) is 0 Å². The van der Waals surface area contributed by atoms with Crippen LogP contribution in [0.15, 0.2) is 0 Å². The van der Waals surface area contributed by atoms with Crippen LogP contribution in [0.5, 0.6) is 0 Å². The number of thioether (sulfide) groups is 1. The largest absolute Gasteiger partial charge is 0.395 e. The Balaban J connectivity index is 2.71. The fourth-order valence-electron chi connectivity index (χ4n) is 2.43. The van der Waals surface area contributed by atoms with E-state index in [4.69, 9.17) is 4.74 Å². The number of carbonyl (C=O) groups is 1. The summed E-state index contributed by atoms with van der Waals surface area (Å²) in [5, 5.41) is 11.4. The minimum atomic E-state index is -1.51. The van der Waals surface area contributed by atoms with Gasteiger partial charge >= 0.3 is 11.7 Å². The predicted molar refractivity (Wildman–Crippen MR) is 71.0 cm³/mol. The zero-order chi connectivity index (χ0) is 13.9. The molecule has 0 N–H and O–H groups in total. The molecule has 18 heavy (non-hydrogen) atoms. The van der Waals surface area contributed by atoms with Gasteiger partial charge in [-0.25, -0.2) is 0 Å². The van der Waals surface area contributed by atoms with Gasteiger partial charge in [0.2, 0.25) is 0 Å². The highest BCUT2D eigenvalue weighted by Gasteiger charge is 2.54. The number of nitro groups is 1. The van der Waals surface area contributed by atoms with E-state index in [0.717, 1.165) is 6.42 Å². The lowest BCUT2D eigenvalue weighted by atomic mass is 9.92. The van der Waals surface area contributed by atoms with Crippen molar-refractivity contribution in [3.05, 3.63) is 10.1 Å². The zero-order valence-electron chi connectivity index (χ0n) is 11.3. The van der Waals surface area contributed by atoms with Crippen molar-refractivity contribution in [1.29, 1.82) is 0 Å². The highest BCUT2D eigenvalue weighted by atomic mass is 32.2. The van der Waals surface area contributed by atoms with Crippen LogP contribution in [0, 0.1) is 22.0 Å². The van der Waals surface area contributed by atoms with Crippen LogP contribution < -0.4 is 0 Å². The van der Waals surface area contributed by atoms with Gasteiger partial charge in [-0.1, -0.05) is 20.8 Å². The van der Waals surface area contributed by atoms with Crippen LogP contribution in [0.4, 0.5) is 0 Å². The molecule has 5 nitrogen and oxygen atoms in total. The van der Waals surface area contributed by atoms with Gasteiger partial charge in [-0.3, -0.25) is 14.9 Å². The summed E-state index contributed by atoms with van der Waals surface area (Å²) in [5.74, 6) is 0.643. The molecule has 0 bridgehead atoms. The standard InChI is InChI=1S/C12H21NO4S/c1-8(2)5-9(3)11-6-12(7-18-11,13(15)16)17-10(4)14/h8-9,11H,5-7H2,1-4H3. The molecule has 6 heteroatoms. The topological polar surface area (TPSA) is 69.4 Å².